The molecule has 1 saturated heterocycles. The summed E-state index contributed by atoms with van der Waals surface area (Å²) in [6.45, 7) is 12.3. The molecule has 2 fully saturated rings. The smallest absolute Gasteiger partial charge is 0.225 e. The molecule has 1 aliphatic carbocycles. The molecule has 0 atom stereocenters. The molecule has 0 radical (unpaired) electrons. The van der Waals surface area contributed by atoms with E-state index in [9.17, 15) is 4.79 Å². The maximum absolute atomic E-state index is 11.9. The van der Waals surface area contributed by atoms with Crippen LogP contribution in [0, 0.1) is 10.8 Å². The van der Waals surface area contributed by atoms with E-state index >= 15 is 0 Å². The van der Waals surface area contributed by atoms with Crippen LogP contribution < -0.4 is 10.6 Å². The van der Waals surface area contributed by atoms with Gasteiger partial charge in [0, 0.05) is 31.6 Å². The van der Waals surface area contributed by atoms with Gasteiger partial charge in [-0.1, -0.05) is 33.6 Å². The fourth-order valence-corrected chi connectivity index (χ4v) is 3.67. The molecule has 1 saturated carbocycles. The van der Waals surface area contributed by atoms with Crippen LogP contribution in [-0.4, -0.2) is 49.5 Å². The van der Waals surface area contributed by atoms with Gasteiger partial charge in [-0.05, 0) is 31.6 Å². The Morgan fingerprint density at radius 2 is 1.83 bits per heavy atom. The second kappa shape index (κ2) is 9.25. The summed E-state index contributed by atoms with van der Waals surface area (Å²) < 4.78 is 0. The van der Waals surface area contributed by atoms with Crippen molar-refractivity contribution < 1.29 is 4.79 Å². The molecule has 5 nitrogen and oxygen atoms in total. The van der Waals surface area contributed by atoms with Crippen LogP contribution in [0.2, 0.25) is 0 Å². The molecular weight excluding hydrogens is 415 g/mol. The molecule has 0 aromatic rings. The number of hydrogen-bond acceptors (Lipinski definition) is 2. The van der Waals surface area contributed by atoms with E-state index in [4.69, 9.17) is 4.99 Å². The van der Waals surface area contributed by atoms with Gasteiger partial charge in [-0.3, -0.25) is 9.79 Å². The number of nitrogens with one attached hydrogen (secondary N) is 2. The van der Waals surface area contributed by atoms with Crippen LogP contribution in [0.3, 0.4) is 0 Å². The van der Waals surface area contributed by atoms with E-state index in [1.54, 1.807) is 0 Å². The number of carbonyl (C=O) groups excluding carboxylic acids is 1. The lowest BCUT2D eigenvalue weighted by Gasteiger charge is -2.26. The molecule has 1 heterocycles. The van der Waals surface area contributed by atoms with Crippen LogP contribution in [0.1, 0.15) is 59.8 Å². The largest absolute Gasteiger partial charge is 0.357 e. The molecule has 24 heavy (non-hydrogen) atoms. The molecule has 0 unspecified atom stereocenters. The quantitative estimate of drug-likeness (QED) is 0.300. The first-order valence-corrected chi connectivity index (χ1v) is 9.18. The van der Waals surface area contributed by atoms with E-state index in [2.05, 4.69) is 22.5 Å². The Labute approximate surface area is 164 Å². The third kappa shape index (κ3) is 5.77. The van der Waals surface area contributed by atoms with Crippen molar-refractivity contribution in [3.8, 4) is 0 Å². The van der Waals surface area contributed by atoms with Crippen LogP contribution in [0.5, 0.6) is 0 Å². The van der Waals surface area contributed by atoms with Gasteiger partial charge in [0.2, 0.25) is 5.91 Å². The topological polar surface area (TPSA) is 56.7 Å². The molecule has 0 bridgehead atoms. The Balaban J connectivity index is 0.00000288. The van der Waals surface area contributed by atoms with Gasteiger partial charge in [-0.15, -0.1) is 24.0 Å². The molecule has 140 valence electrons. The summed E-state index contributed by atoms with van der Waals surface area (Å²) in [6.07, 6.45) is 6.84. The number of likely N-dealkylation sites (tertiary alicyclic amines) is 1. The minimum atomic E-state index is -0.335. The number of rotatable bonds is 4. The lowest BCUT2D eigenvalue weighted by atomic mass is 9.86. The predicted octanol–water partition coefficient (Wildman–Crippen LogP) is 3.00. The van der Waals surface area contributed by atoms with Gasteiger partial charge >= 0.3 is 0 Å². The summed E-state index contributed by atoms with van der Waals surface area (Å²) in [4.78, 5) is 19.0. The fraction of sp³-hybridized carbons (Fsp3) is 0.889. The molecule has 6 heteroatoms. The number of hydrogen-bond donors (Lipinski definition) is 2. The zero-order valence-corrected chi connectivity index (χ0v) is 18.1. The molecular formula is C18H35IN4O. The zero-order chi connectivity index (χ0) is 16.9. The number of guanidine groups is 1. The van der Waals surface area contributed by atoms with Gasteiger partial charge in [0.15, 0.2) is 5.96 Å². The average Bonchev–Trinajstić information content (AvgIpc) is 3.12. The van der Waals surface area contributed by atoms with E-state index in [1.165, 1.54) is 32.1 Å². The van der Waals surface area contributed by atoms with E-state index in [-0.39, 0.29) is 35.3 Å². The first-order chi connectivity index (χ1) is 10.9. The Morgan fingerprint density at radius 1 is 1.17 bits per heavy atom. The number of nitrogens with zero attached hydrogens (tertiary/aromatic N) is 2. The van der Waals surface area contributed by atoms with E-state index < -0.39 is 0 Å². The second-order valence-electron chi connectivity index (χ2n) is 8.12. The minimum absolute atomic E-state index is 0. The Hall–Kier alpha value is -0.530. The first-order valence-electron chi connectivity index (χ1n) is 9.18. The zero-order valence-electron chi connectivity index (χ0n) is 15.8. The van der Waals surface area contributed by atoms with Crippen LogP contribution in [0.25, 0.3) is 0 Å². The molecule has 2 aliphatic rings. The highest BCUT2D eigenvalue weighted by molar-refractivity contribution is 14.0. The Kier molecular flexibility index (Phi) is 8.29. The van der Waals surface area contributed by atoms with Crippen molar-refractivity contribution in [1.82, 2.24) is 15.5 Å². The summed E-state index contributed by atoms with van der Waals surface area (Å²) in [5.41, 5.74) is 0.217. The molecule has 0 aromatic heterocycles. The van der Waals surface area contributed by atoms with Crippen LogP contribution in [0.4, 0.5) is 0 Å². The molecule has 1 amide bonds. The first kappa shape index (κ1) is 21.5. The van der Waals surface area contributed by atoms with Crippen molar-refractivity contribution in [1.29, 1.82) is 0 Å². The van der Waals surface area contributed by atoms with Crippen molar-refractivity contribution in [3.05, 3.63) is 0 Å². The SMILES string of the molecule is CCNC(=NCCNC(=O)C(C)(C)C)N1CCC2(CCCC2)C1.I. The Morgan fingerprint density at radius 3 is 2.42 bits per heavy atom. The molecule has 2 rings (SSSR count). The van der Waals surface area contributed by atoms with E-state index in [0.29, 0.717) is 18.5 Å². The number of aliphatic imine (C=N–C) groups is 1. The van der Waals surface area contributed by atoms with E-state index in [1.807, 2.05) is 20.8 Å². The van der Waals surface area contributed by atoms with Gasteiger partial charge < -0.3 is 15.5 Å². The minimum Gasteiger partial charge on any atom is -0.357 e. The summed E-state index contributed by atoms with van der Waals surface area (Å²) in [5, 5.41) is 6.38. The summed E-state index contributed by atoms with van der Waals surface area (Å²) in [5.74, 6) is 1.10. The molecule has 2 N–H and O–H groups in total. The van der Waals surface area contributed by atoms with Gasteiger partial charge in [-0.25, -0.2) is 0 Å². The Bertz CT molecular complexity index is 439. The van der Waals surface area contributed by atoms with Crippen LogP contribution in [0.15, 0.2) is 4.99 Å². The number of halogens is 1. The van der Waals surface area contributed by atoms with Crippen LogP contribution >= 0.6 is 24.0 Å². The van der Waals surface area contributed by atoms with Gasteiger partial charge in [0.1, 0.15) is 0 Å². The van der Waals surface area contributed by atoms with Crippen molar-refractivity contribution in [2.45, 2.75) is 59.8 Å². The standard InChI is InChI=1S/C18H34N4O.HI/c1-5-19-16(21-12-11-20-15(23)17(2,3)4)22-13-10-18(14-22)8-6-7-9-18;/h5-14H2,1-4H3,(H,19,21)(H,20,23);1H. The number of amides is 1. The lowest BCUT2D eigenvalue weighted by molar-refractivity contribution is -0.128. The highest BCUT2D eigenvalue weighted by atomic mass is 127. The van der Waals surface area contributed by atoms with Gasteiger partial charge in [-0.2, -0.15) is 0 Å². The average molecular weight is 450 g/mol. The highest BCUT2D eigenvalue weighted by Crippen LogP contribution is 2.45. The highest BCUT2D eigenvalue weighted by Gasteiger charge is 2.41. The maximum atomic E-state index is 11.9. The summed E-state index contributed by atoms with van der Waals surface area (Å²) in [7, 11) is 0. The monoisotopic (exact) mass is 450 g/mol. The fourth-order valence-electron chi connectivity index (χ4n) is 3.67. The van der Waals surface area contributed by atoms with Gasteiger partial charge in [0.05, 0.1) is 6.54 Å². The maximum Gasteiger partial charge on any atom is 0.225 e. The predicted molar refractivity (Wildman–Crippen MR) is 111 cm³/mol. The van der Waals surface area contributed by atoms with Crippen LogP contribution in [-0.2, 0) is 4.79 Å². The molecule has 1 spiro atoms. The number of carbonyl (C=O) groups is 1. The van der Waals surface area contributed by atoms with Crippen molar-refractivity contribution in [2.75, 3.05) is 32.7 Å². The van der Waals surface area contributed by atoms with Crippen molar-refractivity contribution in [2.24, 2.45) is 15.8 Å². The lowest BCUT2D eigenvalue weighted by Crippen LogP contribution is -2.42. The van der Waals surface area contributed by atoms with Crippen molar-refractivity contribution >= 4 is 35.8 Å². The molecule has 1 aliphatic heterocycles. The third-order valence-corrected chi connectivity index (χ3v) is 5.08. The summed E-state index contributed by atoms with van der Waals surface area (Å²) in [6, 6.07) is 0. The third-order valence-electron chi connectivity index (χ3n) is 5.08. The summed E-state index contributed by atoms with van der Waals surface area (Å²) >= 11 is 0. The van der Waals surface area contributed by atoms with E-state index in [0.717, 1.165) is 25.6 Å². The second-order valence-corrected chi connectivity index (χ2v) is 8.12. The van der Waals surface area contributed by atoms with Gasteiger partial charge in [0.25, 0.3) is 0 Å². The van der Waals surface area contributed by atoms with Crippen molar-refractivity contribution in [3.63, 3.8) is 0 Å². The normalized spacial score (nSPS) is 20.2. The molecule has 0 aromatic carbocycles.